The molecule has 0 saturated carbocycles. The molecule has 0 unspecified atom stereocenters. The number of carbonyl (C=O) groups is 2. The zero-order valence-electron chi connectivity index (χ0n) is 12.2. The zero-order chi connectivity index (χ0) is 15.1. The molecule has 0 aromatic carbocycles. The maximum atomic E-state index is 12.2. The number of aryl methyl sites for hydroxylation is 1. The van der Waals surface area contributed by atoms with Crippen LogP contribution in [-0.4, -0.2) is 22.9 Å². The molecule has 0 spiro atoms. The maximum absolute atomic E-state index is 12.2. The molecule has 2 amide bonds. The molecule has 6 heteroatoms. The lowest BCUT2D eigenvalue weighted by Crippen LogP contribution is -2.34. The van der Waals surface area contributed by atoms with Gasteiger partial charge in [0.25, 0.3) is 5.56 Å². The van der Waals surface area contributed by atoms with Gasteiger partial charge in [0.2, 0.25) is 11.8 Å². The van der Waals surface area contributed by atoms with Crippen molar-refractivity contribution >= 4 is 17.5 Å². The highest BCUT2D eigenvalue weighted by molar-refractivity contribution is 5.90. The van der Waals surface area contributed by atoms with Crippen molar-refractivity contribution in [1.29, 1.82) is 0 Å². The molecule has 20 heavy (non-hydrogen) atoms. The van der Waals surface area contributed by atoms with Crippen LogP contribution in [0.1, 0.15) is 32.4 Å². The zero-order valence-corrected chi connectivity index (χ0v) is 12.2. The van der Waals surface area contributed by atoms with Crippen LogP contribution in [0.5, 0.6) is 0 Å². The summed E-state index contributed by atoms with van der Waals surface area (Å²) in [5, 5.41) is 5.26. The summed E-state index contributed by atoms with van der Waals surface area (Å²) >= 11 is 0. The van der Waals surface area contributed by atoms with Crippen LogP contribution in [0, 0.1) is 6.92 Å². The molecule has 1 aromatic heterocycles. The molecule has 0 aliphatic heterocycles. The minimum atomic E-state index is -0.363. The van der Waals surface area contributed by atoms with Crippen molar-refractivity contribution in [2.24, 2.45) is 0 Å². The Hall–Kier alpha value is -2.11. The first-order chi connectivity index (χ1) is 9.49. The molecule has 0 fully saturated rings. The Labute approximate surface area is 118 Å². The second-order valence-corrected chi connectivity index (χ2v) is 4.53. The number of pyridine rings is 1. The highest BCUT2D eigenvalue weighted by Crippen LogP contribution is 2.04. The third-order valence-electron chi connectivity index (χ3n) is 2.86. The molecule has 1 heterocycles. The lowest BCUT2D eigenvalue weighted by Gasteiger charge is -2.12. The van der Waals surface area contributed by atoms with Crippen molar-refractivity contribution in [3.8, 4) is 0 Å². The molecule has 0 bridgehead atoms. The van der Waals surface area contributed by atoms with Crippen LogP contribution < -0.4 is 16.2 Å². The van der Waals surface area contributed by atoms with Gasteiger partial charge in [-0.3, -0.25) is 14.4 Å². The lowest BCUT2D eigenvalue weighted by molar-refractivity contribution is -0.121. The van der Waals surface area contributed by atoms with E-state index in [1.54, 1.807) is 26.0 Å². The first kappa shape index (κ1) is 15.9. The average molecular weight is 279 g/mol. The number of amides is 2. The van der Waals surface area contributed by atoms with Crippen molar-refractivity contribution in [3.63, 3.8) is 0 Å². The molecule has 0 aliphatic carbocycles. The fourth-order valence-corrected chi connectivity index (χ4v) is 1.66. The Morgan fingerprint density at radius 1 is 1.20 bits per heavy atom. The van der Waals surface area contributed by atoms with E-state index in [-0.39, 0.29) is 29.6 Å². The Morgan fingerprint density at radius 3 is 2.50 bits per heavy atom. The fourth-order valence-electron chi connectivity index (χ4n) is 1.66. The summed E-state index contributed by atoms with van der Waals surface area (Å²) < 4.78 is 1.36. The summed E-state index contributed by atoms with van der Waals surface area (Å²) in [6.07, 6.45) is 1.14. The molecule has 2 N–H and O–H groups in total. The van der Waals surface area contributed by atoms with Gasteiger partial charge in [-0.15, -0.1) is 0 Å². The number of hydrogen-bond acceptors (Lipinski definition) is 3. The number of nitrogens with zero attached hydrogens (tertiary/aromatic N) is 1. The van der Waals surface area contributed by atoms with Gasteiger partial charge < -0.3 is 15.2 Å². The van der Waals surface area contributed by atoms with Crippen molar-refractivity contribution < 1.29 is 9.59 Å². The van der Waals surface area contributed by atoms with Crippen LogP contribution in [0.2, 0.25) is 0 Å². The summed E-state index contributed by atoms with van der Waals surface area (Å²) in [5.74, 6) is -0.441. The first-order valence-corrected chi connectivity index (χ1v) is 6.76. The van der Waals surface area contributed by atoms with E-state index in [1.165, 1.54) is 4.57 Å². The molecular weight excluding hydrogens is 258 g/mol. The summed E-state index contributed by atoms with van der Waals surface area (Å²) in [7, 11) is 0. The smallest absolute Gasteiger partial charge is 0.274 e. The summed E-state index contributed by atoms with van der Waals surface area (Å²) in [5.41, 5.74) is 0.514. The monoisotopic (exact) mass is 279 g/mol. The van der Waals surface area contributed by atoms with E-state index < -0.39 is 0 Å². The lowest BCUT2D eigenvalue weighted by atomic mass is 10.3. The fraction of sp³-hybridized carbons (Fsp3) is 0.500. The van der Waals surface area contributed by atoms with Crippen LogP contribution in [0.4, 0.5) is 5.69 Å². The molecule has 1 rings (SSSR count). The van der Waals surface area contributed by atoms with Gasteiger partial charge in [-0.1, -0.05) is 13.8 Å². The predicted molar refractivity (Wildman–Crippen MR) is 77.7 cm³/mol. The molecule has 0 aliphatic rings. The van der Waals surface area contributed by atoms with E-state index in [1.807, 2.05) is 6.92 Å². The number of carbonyl (C=O) groups excluding carboxylic acids is 2. The van der Waals surface area contributed by atoms with Crippen LogP contribution in [0.3, 0.4) is 0 Å². The van der Waals surface area contributed by atoms with E-state index in [0.717, 1.165) is 6.42 Å². The number of aromatic nitrogens is 1. The van der Waals surface area contributed by atoms with Crippen molar-refractivity contribution in [3.05, 3.63) is 28.2 Å². The first-order valence-electron chi connectivity index (χ1n) is 6.76. The SMILES string of the molecule is CCCNC(=O)Cn1c(C)ccc(NC(=O)CC)c1=O. The van der Waals surface area contributed by atoms with Gasteiger partial charge in [0, 0.05) is 18.7 Å². The quantitative estimate of drug-likeness (QED) is 0.816. The Kier molecular flexibility index (Phi) is 5.96. The van der Waals surface area contributed by atoms with Crippen LogP contribution in [0.25, 0.3) is 0 Å². The number of rotatable bonds is 6. The molecule has 0 radical (unpaired) electrons. The van der Waals surface area contributed by atoms with Gasteiger partial charge in [0.15, 0.2) is 0 Å². The Bertz CT molecular complexity index is 549. The third kappa shape index (κ3) is 4.22. The summed E-state index contributed by atoms with van der Waals surface area (Å²) in [6, 6.07) is 3.27. The highest BCUT2D eigenvalue weighted by atomic mass is 16.2. The van der Waals surface area contributed by atoms with E-state index >= 15 is 0 Å². The second kappa shape index (κ2) is 7.47. The van der Waals surface area contributed by atoms with Gasteiger partial charge in [-0.2, -0.15) is 0 Å². The second-order valence-electron chi connectivity index (χ2n) is 4.53. The molecule has 1 aromatic rings. The minimum Gasteiger partial charge on any atom is -0.355 e. The highest BCUT2D eigenvalue weighted by Gasteiger charge is 2.11. The Balaban J connectivity index is 2.95. The molecule has 0 saturated heterocycles. The molecular formula is C14H21N3O3. The van der Waals surface area contributed by atoms with Gasteiger partial charge in [0.1, 0.15) is 12.2 Å². The van der Waals surface area contributed by atoms with Gasteiger partial charge >= 0.3 is 0 Å². The minimum absolute atomic E-state index is 0.0412. The summed E-state index contributed by atoms with van der Waals surface area (Å²) in [6.45, 7) is 5.96. The van der Waals surface area contributed by atoms with Gasteiger partial charge in [0.05, 0.1) is 0 Å². The number of anilines is 1. The molecule has 6 nitrogen and oxygen atoms in total. The van der Waals surface area contributed by atoms with Crippen LogP contribution in [0.15, 0.2) is 16.9 Å². The average Bonchev–Trinajstić information content (AvgIpc) is 2.44. The largest absolute Gasteiger partial charge is 0.355 e. The van der Waals surface area contributed by atoms with E-state index in [4.69, 9.17) is 0 Å². The molecule has 0 atom stereocenters. The topological polar surface area (TPSA) is 80.2 Å². The van der Waals surface area contributed by atoms with E-state index in [0.29, 0.717) is 18.7 Å². The molecule has 110 valence electrons. The normalized spacial score (nSPS) is 10.2. The van der Waals surface area contributed by atoms with Crippen molar-refractivity contribution in [1.82, 2.24) is 9.88 Å². The number of hydrogen-bond donors (Lipinski definition) is 2. The standard InChI is InChI=1S/C14H21N3O3/c1-4-8-15-13(19)9-17-10(3)6-7-11(14(17)20)16-12(18)5-2/h6-7H,4-5,8-9H2,1-3H3,(H,15,19)(H,16,18). The van der Waals surface area contributed by atoms with Gasteiger partial charge in [-0.05, 0) is 25.5 Å². The van der Waals surface area contributed by atoms with E-state index in [2.05, 4.69) is 10.6 Å². The maximum Gasteiger partial charge on any atom is 0.274 e. The van der Waals surface area contributed by atoms with Crippen molar-refractivity contribution in [2.45, 2.75) is 40.2 Å². The van der Waals surface area contributed by atoms with Gasteiger partial charge in [-0.25, -0.2) is 0 Å². The third-order valence-corrected chi connectivity index (χ3v) is 2.86. The summed E-state index contributed by atoms with van der Waals surface area (Å²) in [4.78, 5) is 35.3. The number of nitrogens with one attached hydrogen (secondary N) is 2. The van der Waals surface area contributed by atoms with Crippen LogP contribution >= 0.6 is 0 Å². The van der Waals surface area contributed by atoms with Crippen LogP contribution in [-0.2, 0) is 16.1 Å². The Morgan fingerprint density at radius 2 is 1.90 bits per heavy atom. The van der Waals surface area contributed by atoms with E-state index in [9.17, 15) is 14.4 Å². The predicted octanol–water partition coefficient (Wildman–Crippen LogP) is 1.03. The van der Waals surface area contributed by atoms with Crippen molar-refractivity contribution in [2.75, 3.05) is 11.9 Å².